The first-order chi connectivity index (χ1) is 7.61. The lowest BCUT2D eigenvalue weighted by molar-refractivity contribution is -0.117. The van der Waals surface area contributed by atoms with Gasteiger partial charge < -0.3 is 5.32 Å². The Hall–Kier alpha value is -1.57. The first kappa shape index (κ1) is 12.5. The molecule has 2 nitrogen and oxygen atoms in total. The molecule has 0 saturated heterocycles. The van der Waals surface area contributed by atoms with Crippen LogP contribution in [0.3, 0.4) is 0 Å². The number of carbonyl (C=O) groups excluding carboxylic acids is 1. The first-order valence-electron chi connectivity index (χ1n) is 5.67. The van der Waals surface area contributed by atoms with Gasteiger partial charge in [0.05, 0.1) is 0 Å². The molecule has 1 amide bonds. The fraction of sp³-hybridized carbons (Fsp3) is 0.357. The van der Waals surface area contributed by atoms with Gasteiger partial charge in [-0.2, -0.15) is 0 Å². The van der Waals surface area contributed by atoms with E-state index in [0.29, 0.717) is 0 Å². The van der Waals surface area contributed by atoms with Gasteiger partial charge in [-0.15, -0.1) is 0 Å². The molecule has 0 aromatic heterocycles. The largest absolute Gasteiger partial charge is 0.350 e. The Morgan fingerprint density at radius 2 is 2.00 bits per heavy atom. The van der Waals surface area contributed by atoms with Crippen LogP contribution in [0.1, 0.15) is 31.4 Å². The molecule has 0 bridgehead atoms. The molecule has 0 aliphatic carbocycles. The van der Waals surface area contributed by atoms with Gasteiger partial charge in [-0.05, 0) is 31.9 Å². The van der Waals surface area contributed by atoms with E-state index in [1.54, 1.807) is 6.08 Å². The van der Waals surface area contributed by atoms with Crippen molar-refractivity contribution in [3.8, 4) is 0 Å². The Bertz CT molecular complexity index is 365. The minimum Gasteiger partial charge on any atom is -0.350 e. The number of aryl methyl sites for hydroxylation is 1. The van der Waals surface area contributed by atoms with Crippen molar-refractivity contribution in [3.63, 3.8) is 0 Å². The van der Waals surface area contributed by atoms with Crippen LogP contribution in [0.25, 0.3) is 6.08 Å². The lowest BCUT2D eigenvalue weighted by Crippen LogP contribution is -2.30. The average molecular weight is 217 g/mol. The second-order valence-corrected chi connectivity index (χ2v) is 4.06. The van der Waals surface area contributed by atoms with Crippen molar-refractivity contribution in [3.05, 3.63) is 41.5 Å². The van der Waals surface area contributed by atoms with Gasteiger partial charge in [-0.25, -0.2) is 0 Å². The fourth-order valence-electron chi connectivity index (χ4n) is 1.24. The zero-order valence-electron chi connectivity index (χ0n) is 10.2. The molecular formula is C14H19NO. The second-order valence-electron chi connectivity index (χ2n) is 4.06. The molecule has 1 atom stereocenters. The zero-order chi connectivity index (χ0) is 12.0. The summed E-state index contributed by atoms with van der Waals surface area (Å²) in [5.74, 6) is -0.0325. The maximum absolute atomic E-state index is 11.5. The van der Waals surface area contributed by atoms with Crippen LogP contribution in [0, 0.1) is 6.92 Å². The maximum atomic E-state index is 11.5. The van der Waals surface area contributed by atoms with Crippen molar-refractivity contribution >= 4 is 12.0 Å². The molecule has 0 radical (unpaired) electrons. The second kappa shape index (κ2) is 6.11. The van der Waals surface area contributed by atoms with Crippen molar-refractivity contribution in [1.29, 1.82) is 0 Å². The smallest absolute Gasteiger partial charge is 0.244 e. The molecular weight excluding hydrogens is 198 g/mol. The first-order valence-corrected chi connectivity index (χ1v) is 5.67. The summed E-state index contributed by atoms with van der Waals surface area (Å²) in [5.41, 5.74) is 2.27. The van der Waals surface area contributed by atoms with Gasteiger partial charge in [-0.3, -0.25) is 4.79 Å². The number of benzene rings is 1. The van der Waals surface area contributed by atoms with Crippen LogP contribution in [0.15, 0.2) is 30.3 Å². The maximum Gasteiger partial charge on any atom is 0.244 e. The highest BCUT2D eigenvalue weighted by Gasteiger charge is 2.00. The Kier molecular flexibility index (Phi) is 4.77. The lowest BCUT2D eigenvalue weighted by Gasteiger charge is -2.08. The van der Waals surface area contributed by atoms with Crippen LogP contribution < -0.4 is 5.32 Å². The van der Waals surface area contributed by atoms with Gasteiger partial charge in [0.25, 0.3) is 0 Å². The SMILES string of the molecule is CCC(C)NC(=O)C=Cc1ccc(C)cc1. The summed E-state index contributed by atoms with van der Waals surface area (Å²) in [6.07, 6.45) is 4.36. The van der Waals surface area contributed by atoms with E-state index in [2.05, 4.69) is 12.2 Å². The van der Waals surface area contributed by atoms with Crippen LogP contribution >= 0.6 is 0 Å². The molecule has 0 aliphatic rings. The lowest BCUT2D eigenvalue weighted by atomic mass is 10.1. The molecule has 0 saturated carbocycles. The molecule has 1 unspecified atom stereocenters. The third-order valence-corrected chi connectivity index (χ3v) is 2.51. The fourth-order valence-corrected chi connectivity index (χ4v) is 1.24. The minimum absolute atomic E-state index is 0.0325. The summed E-state index contributed by atoms with van der Waals surface area (Å²) in [7, 11) is 0. The summed E-state index contributed by atoms with van der Waals surface area (Å²) in [5, 5.41) is 2.89. The minimum atomic E-state index is -0.0325. The summed E-state index contributed by atoms with van der Waals surface area (Å²) >= 11 is 0. The molecule has 16 heavy (non-hydrogen) atoms. The third kappa shape index (κ3) is 4.30. The normalized spacial score (nSPS) is 12.7. The van der Waals surface area contributed by atoms with E-state index in [9.17, 15) is 4.79 Å². The quantitative estimate of drug-likeness (QED) is 0.772. The van der Waals surface area contributed by atoms with E-state index >= 15 is 0 Å². The Balaban J connectivity index is 2.53. The van der Waals surface area contributed by atoms with Crippen LogP contribution in [-0.4, -0.2) is 11.9 Å². The van der Waals surface area contributed by atoms with E-state index < -0.39 is 0 Å². The van der Waals surface area contributed by atoms with E-state index in [-0.39, 0.29) is 11.9 Å². The van der Waals surface area contributed by atoms with Crippen LogP contribution in [-0.2, 0) is 4.79 Å². The predicted molar refractivity (Wildman–Crippen MR) is 68.1 cm³/mol. The molecule has 1 aromatic rings. The molecule has 1 rings (SSSR count). The highest BCUT2D eigenvalue weighted by Crippen LogP contribution is 2.04. The van der Waals surface area contributed by atoms with Crippen molar-refractivity contribution in [2.45, 2.75) is 33.2 Å². The summed E-state index contributed by atoms with van der Waals surface area (Å²) in [6.45, 7) is 6.09. The summed E-state index contributed by atoms with van der Waals surface area (Å²) in [6, 6.07) is 8.30. The van der Waals surface area contributed by atoms with Crippen molar-refractivity contribution < 1.29 is 4.79 Å². The highest BCUT2D eigenvalue weighted by molar-refractivity contribution is 5.91. The molecule has 0 fully saturated rings. The summed E-state index contributed by atoms with van der Waals surface area (Å²) < 4.78 is 0. The van der Waals surface area contributed by atoms with Gasteiger partial charge in [0.2, 0.25) is 5.91 Å². The molecule has 0 heterocycles. The highest BCUT2D eigenvalue weighted by atomic mass is 16.1. The standard InChI is InChI=1S/C14H19NO/c1-4-12(3)15-14(16)10-9-13-7-5-11(2)6-8-13/h5-10,12H,4H2,1-3H3,(H,15,16). The van der Waals surface area contributed by atoms with Gasteiger partial charge in [0.15, 0.2) is 0 Å². The van der Waals surface area contributed by atoms with Gasteiger partial charge in [0, 0.05) is 12.1 Å². The number of hydrogen-bond acceptors (Lipinski definition) is 1. The summed E-state index contributed by atoms with van der Waals surface area (Å²) in [4.78, 5) is 11.5. The van der Waals surface area contributed by atoms with E-state index in [1.807, 2.05) is 44.2 Å². The van der Waals surface area contributed by atoms with Gasteiger partial charge >= 0.3 is 0 Å². The van der Waals surface area contributed by atoms with Crippen molar-refractivity contribution in [2.75, 3.05) is 0 Å². The Morgan fingerprint density at radius 1 is 1.38 bits per heavy atom. The van der Waals surface area contributed by atoms with Crippen molar-refractivity contribution in [2.24, 2.45) is 0 Å². The van der Waals surface area contributed by atoms with E-state index in [0.717, 1.165) is 12.0 Å². The number of nitrogens with one attached hydrogen (secondary N) is 1. The third-order valence-electron chi connectivity index (χ3n) is 2.51. The number of hydrogen-bond donors (Lipinski definition) is 1. The van der Waals surface area contributed by atoms with Crippen LogP contribution in [0.4, 0.5) is 0 Å². The van der Waals surface area contributed by atoms with Crippen LogP contribution in [0.2, 0.25) is 0 Å². The predicted octanol–water partition coefficient (Wildman–Crippen LogP) is 2.92. The monoisotopic (exact) mass is 217 g/mol. The molecule has 2 heteroatoms. The topological polar surface area (TPSA) is 29.1 Å². The molecule has 0 spiro atoms. The Labute approximate surface area is 97.4 Å². The molecule has 86 valence electrons. The van der Waals surface area contributed by atoms with Crippen molar-refractivity contribution in [1.82, 2.24) is 5.32 Å². The average Bonchev–Trinajstić information content (AvgIpc) is 2.28. The van der Waals surface area contributed by atoms with Gasteiger partial charge in [0.1, 0.15) is 0 Å². The number of rotatable bonds is 4. The zero-order valence-corrected chi connectivity index (χ0v) is 10.2. The van der Waals surface area contributed by atoms with E-state index in [1.165, 1.54) is 5.56 Å². The molecule has 1 aromatic carbocycles. The van der Waals surface area contributed by atoms with Gasteiger partial charge in [-0.1, -0.05) is 36.8 Å². The van der Waals surface area contributed by atoms with E-state index in [4.69, 9.17) is 0 Å². The molecule has 1 N–H and O–H groups in total. The molecule has 0 aliphatic heterocycles. The Morgan fingerprint density at radius 3 is 2.56 bits per heavy atom. The number of carbonyl (C=O) groups is 1. The number of amides is 1. The van der Waals surface area contributed by atoms with Crippen LogP contribution in [0.5, 0.6) is 0 Å².